The Kier molecular flexibility index (Phi) is 4.15. The van der Waals surface area contributed by atoms with Gasteiger partial charge in [-0.25, -0.2) is 0 Å². The van der Waals surface area contributed by atoms with Crippen molar-refractivity contribution in [1.29, 1.82) is 0 Å². The summed E-state index contributed by atoms with van der Waals surface area (Å²) in [7, 11) is -1.41. The third-order valence-electron chi connectivity index (χ3n) is 1.94. The molecule has 2 heteroatoms. The molecule has 0 atom stereocenters. The first kappa shape index (κ1) is 12.0. The summed E-state index contributed by atoms with van der Waals surface area (Å²) in [6, 6.07) is 10.5. The summed E-state index contributed by atoms with van der Waals surface area (Å²) < 4.78 is 5.74. The van der Waals surface area contributed by atoms with Crippen LogP contribution in [-0.2, 0) is 10.8 Å². The highest BCUT2D eigenvalue weighted by molar-refractivity contribution is 6.69. The summed E-state index contributed by atoms with van der Waals surface area (Å²) in [4.78, 5) is 0. The largest absolute Gasteiger partial charge is 0.550 e. The van der Waals surface area contributed by atoms with E-state index in [0.717, 1.165) is 6.42 Å². The molecule has 1 aromatic rings. The van der Waals surface area contributed by atoms with Gasteiger partial charge in [0.15, 0.2) is 0 Å². The van der Waals surface area contributed by atoms with Gasteiger partial charge in [-0.05, 0) is 44.1 Å². The summed E-state index contributed by atoms with van der Waals surface area (Å²) >= 11 is 0. The highest BCUT2D eigenvalue weighted by Crippen LogP contribution is 2.10. The van der Waals surface area contributed by atoms with Crippen molar-refractivity contribution in [1.82, 2.24) is 0 Å². The fourth-order valence-electron chi connectivity index (χ4n) is 1.24. The van der Waals surface area contributed by atoms with Gasteiger partial charge in [-0.3, -0.25) is 0 Å². The van der Waals surface area contributed by atoms with E-state index in [1.807, 2.05) is 12.3 Å². The molecule has 0 saturated carbocycles. The van der Waals surface area contributed by atoms with E-state index in [1.165, 1.54) is 11.1 Å². The van der Waals surface area contributed by atoms with Crippen molar-refractivity contribution in [2.75, 3.05) is 0 Å². The summed E-state index contributed by atoms with van der Waals surface area (Å²) in [6.07, 6.45) is 2.91. The predicted octanol–water partition coefficient (Wildman–Crippen LogP) is 3.98. The summed E-state index contributed by atoms with van der Waals surface area (Å²) in [5, 5.41) is 0. The maximum absolute atomic E-state index is 5.74. The van der Waals surface area contributed by atoms with Gasteiger partial charge < -0.3 is 4.43 Å². The molecule has 1 nitrogen and oxygen atoms in total. The molecule has 0 bridgehead atoms. The van der Waals surface area contributed by atoms with Crippen LogP contribution in [0.5, 0.6) is 0 Å². The molecule has 0 aromatic heterocycles. The lowest BCUT2D eigenvalue weighted by molar-refractivity contribution is 0.472. The predicted molar refractivity (Wildman–Crippen MR) is 68.3 cm³/mol. The summed E-state index contributed by atoms with van der Waals surface area (Å²) in [5.74, 6) is 0. The zero-order chi connectivity index (χ0) is 11.3. The standard InChI is InChI=1S/C13H20OSi/c1-12(11-14-15(2,3)4)10-13-8-6-5-7-9-13/h5-9,11H,10H2,1-4H3/b12-11+. The fraction of sp³-hybridized carbons (Fsp3) is 0.385. The van der Waals surface area contributed by atoms with Crippen molar-refractivity contribution in [2.24, 2.45) is 0 Å². The lowest BCUT2D eigenvalue weighted by Crippen LogP contribution is -2.22. The van der Waals surface area contributed by atoms with E-state index in [-0.39, 0.29) is 0 Å². The van der Waals surface area contributed by atoms with Crippen LogP contribution < -0.4 is 0 Å². The lowest BCUT2D eigenvalue weighted by atomic mass is 10.1. The monoisotopic (exact) mass is 220 g/mol. The molecule has 0 amide bonds. The average Bonchev–Trinajstić information content (AvgIpc) is 2.15. The van der Waals surface area contributed by atoms with E-state index in [4.69, 9.17) is 4.43 Å². The van der Waals surface area contributed by atoms with Crippen LogP contribution in [0.15, 0.2) is 42.2 Å². The molecule has 0 spiro atoms. The maximum Gasteiger partial charge on any atom is 0.241 e. The topological polar surface area (TPSA) is 9.23 Å². The van der Waals surface area contributed by atoms with Crippen molar-refractivity contribution in [2.45, 2.75) is 33.0 Å². The SMILES string of the molecule is C/C(=C\O[Si](C)(C)C)Cc1ccccc1. The van der Waals surface area contributed by atoms with Gasteiger partial charge in [0.25, 0.3) is 0 Å². The van der Waals surface area contributed by atoms with E-state index < -0.39 is 8.32 Å². The van der Waals surface area contributed by atoms with Crippen LogP contribution in [-0.4, -0.2) is 8.32 Å². The Morgan fingerprint density at radius 1 is 1.20 bits per heavy atom. The Hall–Kier alpha value is -1.02. The molecular weight excluding hydrogens is 200 g/mol. The molecule has 0 saturated heterocycles. The van der Waals surface area contributed by atoms with Crippen LogP contribution in [0.4, 0.5) is 0 Å². The fourth-order valence-corrected chi connectivity index (χ4v) is 1.79. The molecule has 0 aliphatic heterocycles. The number of benzene rings is 1. The van der Waals surface area contributed by atoms with E-state index >= 15 is 0 Å². The highest BCUT2D eigenvalue weighted by atomic mass is 28.4. The van der Waals surface area contributed by atoms with Crippen LogP contribution in [0.1, 0.15) is 12.5 Å². The molecule has 0 unspecified atom stereocenters. The maximum atomic E-state index is 5.74. The van der Waals surface area contributed by atoms with Gasteiger partial charge in [0, 0.05) is 0 Å². The summed E-state index contributed by atoms with van der Waals surface area (Å²) in [6.45, 7) is 8.70. The molecule has 1 rings (SSSR count). The van der Waals surface area contributed by atoms with Crippen molar-refractivity contribution in [3.8, 4) is 0 Å². The van der Waals surface area contributed by atoms with Crippen LogP contribution in [0.25, 0.3) is 0 Å². The van der Waals surface area contributed by atoms with E-state index in [9.17, 15) is 0 Å². The highest BCUT2D eigenvalue weighted by Gasteiger charge is 2.13. The third kappa shape index (κ3) is 5.43. The van der Waals surface area contributed by atoms with Crippen molar-refractivity contribution in [3.05, 3.63) is 47.7 Å². The zero-order valence-electron chi connectivity index (χ0n) is 10.1. The zero-order valence-corrected chi connectivity index (χ0v) is 11.1. The Labute approximate surface area is 93.9 Å². The Balaban J connectivity index is 2.53. The Morgan fingerprint density at radius 2 is 1.80 bits per heavy atom. The molecule has 82 valence electrons. The molecule has 1 aromatic carbocycles. The number of allylic oxidation sites excluding steroid dienone is 1. The molecule has 0 aliphatic carbocycles. The van der Waals surface area contributed by atoms with Crippen molar-refractivity contribution in [3.63, 3.8) is 0 Å². The molecule has 0 N–H and O–H groups in total. The number of hydrogen-bond donors (Lipinski definition) is 0. The van der Waals surface area contributed by atoms with E-state index in [1.54, 1.807) is 0 Å². The van der Waals surface area contributed by atoms with Crippen LogP contribution in [0.2, 0.25) is 19.6 Å². The minimum atomic E-state index is -1.41. The van der Waals surface area contributed by atoms with E-state index in [0.29, 0.717) is 0 Å². The normalized spacial score (nSPS) is 12.7. The van der Waals surface area contributed by atoms with E-state index in [2.05, 4.69) is 50.8 Å². The second-order valence-corrected chi connectivity index (χ2v) is 9.32. The van der Waals surface area contributed by atoms with Gasteiger partial charge in [0.1, 0.15) is 0 Å². The van der Waals surface area contributed by atoms with Crippen molar-refractivity contribution >= 4 is 8.32 Å². The number of hydrogen-bond acceptors (Lipinski definition) is 1. The van der Waals surface area contributed by atoms with Crippen LogP contribution in [0, 0.1) is 0 Å². The first-order valence-electron chi connectivity index (χ1n) is 5.35. The second-order valence-electron chi connectivity index (χ2n) is 4.86. The minimum Gasteiger partial charge on any atom is -0.550 e. The minimum absolute atomic E-state index is 0.977. The van der Waals surface area contributed by atoms with Gasteiger partial charge in [0.2, 0.25) is 8.32 Å². The quantitative estimate of drug-likeness (QED) is 0.551. The molecule has 0 radical (unpaired) electrons. The van der Waals surface area contributed by atoms with Crippen LogP contribution in [0.3, 0.4) is 0 Å². The van der Waals surface area contributed by atoms with Gasteiger partial charge in [-0.1, -0.05) is 30.3 Å². The van der Waals surface area contributed by atoms with Gasteiger partial charge in [-0.2, -0.15) is 0 Å². The molecule has 15 heavy (non-hydrogen) atoms. The molecular formula is C13H20OSi. The van der Waals surface area contributed by atoms with Crippen LogP contribution >= 0.6 is 0 Å². The third-order valence-corrected chi connectivity index (χ3v) is 2.76. The van der Waals surface area contributed by atoms with Crippen molar-refractivity contribution < 1.29 is 4.43 Å². The smallest absolute Gasteiger partial charge is 0.241 e. The molecule has 0 aliphatic rings. The lowest BCUT2D eigenvalue weighted by Gasteiger charge is -2.16. The van der Waals surface area contributed by atoms with Gasteiger partial charge in [0.05, 0.1) is 6.26 Å². The Bertz CT molecular complexity index is 322. The first-order valence-corrected chi connectivity index (χ1v) is 8.75. The second kappa shape index (κ2) is 5.17. The Morgan fingerprint density at radius 3 is 2.33 bits per heavy atom. The molecule has 0 fully saturated rings. The van der Waals surface area contributed by atoms with Gasteiger partial charge in [-0.15, -0.1) is 0 Å². The molecule has 0 heterocycles. The number of rotatable bonds is 4. The van der Waals surface area contributed by atoms with Gasteiger partial charge >= 0.3 is 0 Å². The average molecular weight is 220 g/mol. The first-order chi connectivity index (χ1) is 6.97. The summed E-state index contributed by atoms with van der Waals surface area (Å²) in [5.41, 5.74) is 2.62.